The van der Waals surface area contributed by atoms with E-state index in [1.54, 1.807) is 14.2 Å². The van der Waals surface area contributed by atoms with Crippen molar-refractivity contribution in [3.05, 3.63) is 59.7 Å². The van der Waals surface area contributed by atoms with Crippen molar-refractivity contribution >= 4 is 23.8 Å². The van der Waals surface area contributed by atoms with Crippen molar-refractivity contribution in [3.8, 4) is 11.5 Å². The molecule has 1 spiro atoms. The van der Waals surface area contributed by atoms with Crippen molar-refractivity contribution < 1.29 is 28.2 Å². The zero-order valence-corrected chi connectivity index (χ0v) is 18.1. The molecule has 0 amide bonds. The molecule has 0 N–H and O–H groups in total. The van der Waals surface area contributed by atoms with Crippen molar-refractivity contribution in [1.29, 1.82) is 0 Å². The highest BCUT2D eigenvalue weighted by atomic mass is 16.8. The minimum Gasteiger partial charge on any atom is -0.636 e. The van der Waals surface area contributed by atoms with Crippen LogP contribution in [0.4, 0.5) is 0 Å². The summed E-state index contributed by atoms with van der Waals surface area (Å²) in [6.45, 7) is 5.28. The Morgan fingerprint density at radius 2 is 1.17 bits per heavy atom. The van der Waals surface area contributed by atoms with Gasteiger partial charge in [-0.05, 0) is 57.5 Å². The molecule has 30 heavy (non-hydrogen) atoms. The van der Waals surface area contributed by atoms with E-state index in [-0.39, 0.29) is 0 Å². The van der Waals surface area contributed by atoms with Crippen LogP contribution in [0.5, 0.6) is 11.5 Å². The van der Waals surface area contributed by atoms with Crippen LogP contribution in [0.15, 0.2) is 48.5 Å². The summed E-state index contributed by atoms with van der Waals surface area (Å²) in [6.07, 6.45) is 0. The second-order valence-electron chi connectivity index (χ2n) is 8.55. The van der Waals surface area contributed by atoms with Crippen molar-refractivity contribution in [1.82, 2.24) is 0 Å². The van der Waals surface area contributed by atoms with Crippen LogP contribution in [-0.2, 0) is 18.8 Å². The van der Waals surface area contributed by atoms with Crippen LogP contribution in [0.2, 0.25) is 0 Å². The molecule has 2 aromatic carbocycles. The first-order valence-electron chi connectivity index (χ1n) is 9.93. The van der Waals surface area contributed by atoms with Gasteiger partial charge >= 0.3 is 6.75 Å². The molecular formula is C23H26BO6-. The molecule has 0 unspecified atom stereocenters. The van der Waals surface area contributed by atoms with E-state index in [9.17, 15) is 4.79 Å². The average Bonchev–Trinajstić information content (AvgIpc) is 3.07. The molecule has 2 aliphatic rings. The molecule has 0 aliphatic carbocycles. The Hall–Kier alpha value is -2.77. The van der Waals surface area contributed by atoms with E-state index in [1.807, 2.05) is 76.2 Å². The van der Waals surface area contributed by atoms with Crippen LogP contribution >= 0.6 is 0 Å². The summed E-state index contributed by atoms with van der Waals surface area (Å²) in [5.41, 5.74) is 1.18. The van der Waals surface area contributed by atoms with Crippen LogP contribution in [0.1, 0.15) is 38.8 Å². The first-order valence-corrected chi connectivity index (χ1v) is 9.93. The number of hydrogen-bond donors (Lipinski definition) is 0. The summed E-state index contributed by atoms with van der Waals surface area (Å²) in [7, 11) is 3.21. The summed E-state index contributed by atoms with van der Waals surface area (Å²) in [5.74, 6) is 0.943. The lowest BCUT2D eigenvalue weighted by Crippen LogP contribution is -2.42. The second kappa shape index (κ2) is 6.89. The largest absolute Gasteiger partial charge is 0.636 e. The first kappa shape index (κ1) is 20.5. The smallest absolute Gasteiger partial charge is 0.470 e. The van der Waals surface area contributed by atoms with Gasteiger partial charge in [-0.3, -0.25) is 4.79 Å². The van der Waals surface area contributed by atoms with Gasteiger partial charge in [-0.2, -0.15) is 0 Å². The Morgan fingerprint density at radius 3 is 1.60 bits per heavy atom. The van der Waals surface area contributed by atoms with Gasteiger partial charge in [0.1, 0.15) is 11.5 Å². The molecule has 1 fully saturated rings. The Kier molecular flexibility index (Phi) is 4.71. The molecule has 0 aromatic heterocycles. The molecule has 2 heterocycles. The topological polar surface area (TPSA) is 63.2 Å². The fraction of sp³-hybridized carbons (Fsp3) is 0.348. The van der Waals surface area contributed by atoms with E-state index in [0.29, 0.717) is 28.1 Å². The summed E-state index contributed by atoms with van der Waals surface area (Å²) in [4.78, 5) is 13.1. The number of rotatable bonds is 4. The molecule has 0 atom stereocenters. The van der Waals surface area contributed by atoms with E-state index >= 15 is 0 Å². The Morgan fingerprint density at radius 1 is 0.733 bits per heavy atom. The van der Waals surface area contributed by atoms with E-state index in [2.05, 4.69) is 0 Å². The van der Waals surface area contributed by atoms with E-state index < -0.39 is 23.9 Å². The van der Waals surface area contributed by atoms with Gasteiger partial charge in [0.15, 0.2) is 0 Å². The van der Waals surface area contributed by atoms with Gasteiger partial charge in [0.05, 0.1) is 14.2 Å². The molecule has 0 radical (unpaired) electrons. The molecule has 0 bridgehead atoms. The number of ether oxygens (including phenoxy) is 2. The lowest BCUT2D eigenvalue weighted by atomic mass is 9.64. The number of benzene rings is 2. The molecule has 2 aliphatic heterocycles. The van der Waals surface area contributed by atoms with Gasteiger partial charge in [-0.1, -0.05) is 35.3 Å². The molecule has 1 saturated heterocycles. The van der Waals surface area contributed by atoms with Gasteiger partial charge in [-0.15, -0.1) is 0 Å². The van der Waals surface area contributed by atoms with Crippen molar-refractivity contribution in [2.45, 2.75) is 38.9 Å². The molecule has 4 rings (SSSR count). The zero-order valence-electron chi connectivity index (χ0n) is 18.1. The second-order valence-corrected chi connectivity index (χ2v) is 8.55. The summed E-state index contributed by atoms with van der Waals surface area (Å²) in [5, 5.41) is 0. The van der Waals surface area contributed by atoms with E-state index in [0.717, 1.165) is 5.56 Å². The lowest BCUT2D eigenvalue weighted by molar-refractivity contribution is -0.130. The highest BCUT2D eigenvalue weighted by Gasteiger charge is 2.60. The highest BCUT2D eigenvalue weighted by Crippen LogP contribution is 2.52. The van der Waals surface area contributed by atoms with Gasteiger partial charge in [0.25, 0.3) is 5.97 Å². The normalized spacial score (nSPS) is 21.1. The Labute approximate surface area is 176 Å². The maximum Gasteiger partial charge on any atom is 0.470 e. The van der Waals surface area contributed by atoms with Crippen molar-refractivity contribution in [3.63, 3.8) is 0 Å². The molecule has 7 heteroatoms. The number of methoxy groups -OCH3 is 2. The van der Waals surface area contributed by atoms with Crippen LogP contribution in [0.25, 0.3) is 11.0 Å². The third-order valence-corrected chi connectivity index (χ3v) is 6.22. The zero-order chi connectivity index (χ0) is 21.7. The first-order chi connectivity index (χ1) is 14.1. The fourth-order valence-corrected chi connectivity index (χ4v) is 3.95. The number of hydrogen-bond acceptors (Lipinski definition) is 6. The standard InChI is InChI=1S/C23H26BO6/c1-22(2)23(3,4)30-24(29-22)20(16-9-13-18(27-6)14-10-16)19(21(25)28-24)15-7-11-17(26-5)12-8-15/h7-14H,1-6H3/q-1. The summed E-state index contributed by atoms with van der Waals surface area (Å²) < 4.78 is 29.2. The number of carbonyl (C=O) groups is 1. The molecular weight excluding hydrogens is 383 g/mol. The van der Waals surface area contributed by atoms with E-state index in [4.69, 9.17) is 23.4 Å². The maximum atomic E-state index is 13.1. The molecule has 6 nitrogen and oxygen atoms in total. The predicted molar refractivity (Wildman–Crippen MR) is 115 cm³/mol. The molecule has 2 aromatic rings. The third kappa shape index (κ3) is 3.09. The Bertz CT molecular complexity index is 989. The van der Waals surface area contributed by atoms with Gasteiger partial charge in [0, 0.05) is 16.8 Å². The summed E-state index contributed by atoms with van der Waals surface area (Å²) >= 11 is 0. The monoisotopic (exact) mass is 409 g/mol. The molecule has 158 valence electrons. The number of carbonyl (C=O) groups excluding carboxylic acids is 1. The predicted octanol–water partition coefficient (Wildman–Crippen LogP) is 4.25. The quantitative estimate of drug-likeness (QED) is 0.704. The van der Waals surface area contributed by atoms with Crippen molar-refractivity contribution in [2.24, 2.45) is 0 Å². The summed E-state index contributed by atoms with van der Waals surface area (Å²) in [6, 6.07) is 14.7. The fourth-order valence-electron chi connectivity index (χ4n) is 3.95. The van der Waals surface area contributed by atoms with Crippen LogP contribution in [0, 0.1) is 0 Å². The van der Waals surface area contributed by atoms with E-state index in [1.165, 1.54) is 0 Å². The Balaban J connectivity index is 1.93. The SMILES string of the molecule is COc1ccc(C2=C(c3ccc(OC)cc3)[B-]3(OC2=O)OC(C)(C)C(C)(C)O3)cc1. The maximum absolute atomic E-state index is 13.1. The van der Waals surface area contributed by atoms with Gasteiger partial charge in [-0.25, -0.2) is 0 Å². The molecule has 0 saturated carbocycles. The minimum absolute atomic E-state index is 0.427. The highest BCUT2D eigenvalue weighted by molar-refractivity contribution is 6.89. The van der Waals surface area contributed by atoms with Crippen LogP contribution in [0.3, 0.4) is 0 Å². The van der Waals surface area contributed by atoms with Crippen LogP contribution in [-0.4, -0.2) is 38.1 Å². The lowest BCUT2D eigenvalue weighted by Gasteiger charge is -2.36. The minimum atomic E-state index is -2.48. The van der Waals surface area contributed by atoms with Gasteiger partial charge in [0.2, 0.25) is 0 Å². The van der Waals surface area contributed by atoms with Crippen molar-refractivity contribution in [2.75, 3.05) is 14.2 Å². The average molecular weight is 409 g/mol. The third-order valence-electron chi connectivity index (χ3n) is 6.22. The van der Waals surface area contributed by atoms with Crippen LogP contribution < -0.4 is 9.47 Å². The van der Waals surface area contributed by atoms with Gasteiger partial charge < -0.3 is 23.4 Å².